The Morgan fingerprint density at radius 2 is 1.11 bits per heavy atom. The van der Waals surface area contributed by atoms with E-state index in [4.69, 9.17) is 9.47 Å². The van der Waals surface area contributed by atoms with Crippen LogP contribution in [0.5, 0.6) is 11.5 Å². The van der Waals surface area contributed by atoms with Gasteiger partial charge < -0.3 is 14.6 Å². The van der Waals surface area contributed by atoms with Crippen molar-refractivity contribution in [2.24, 2.45) is 0 Å². The molecule has 0 amide bonds. The third-order valence-corrected chi connectivity index (χ3v) is 12.3. The first-order valence-corrected chi connectivity index (χ1v) is 18.7. The van der Waals surface area contributed by atoms with Crippen LogP contribution in [0.4, 0.5) is 0 Å². The fraction of sp³-hybridized carbons (Fsp3) is 0.588. The molecule has 2 aliphatic heterocycles. The third-order valence-electron chi connectivity index (χ3n) is 9.84. The molecule has 0 fully saturated rings. The predicted octanol–water partition coefficient (Wildman–Crippen LogP) is 5.71. The molecule has 2 aromatic carbocycles. The average Bonchev–Trinajstić information content (AvgIpc) is 2.91. The lowest BCUT2D eigenvalue weighted by Crippen LogP contribution is -2.54. The van der Waals surface area contributed by atoms with Crippen LogP contribution >= 0.6 is 0 Å². The molecule has 2 heterocycles. The second kappa shape index (κ2) is 11.9. The van der Waals surface area contributed by atoms with E-state index in [1.54, 1.807) is 20.9 Å². The van der Waals surface area contributed by atoms with Crippen molar-refractivity contribution < 1.29 is 31.4 Å². The van der Waals surface area contributed by atoms with Crippen LogP contribution in [-0.2, 0) is 20.0 Å². The fourth-order valence-electron chi connectivity index (χ4n) is 6.08. The van der Waals surface area contributed by atoms with Gasteiger partial charge in [-0.25, -0.2) is 16.8 Å². The van der Waals surface area contributed by atoms with Crippen molar-refractivity contribution in [1.29, 1.82) is 0 Å². The smallest absolute Gasteiger partial charge is 0.232 e. The van der Waals surface area contributed by atoms with E-state index in [1.165, 1.54) is 33.0 Å². The van der Waals surface area contributed by atoms with Gasteiger partial charge in [-0.15, -0.1) is 0 Å². The Morgan fingerprint density at radius 3 is 1.58 bits per heavy atom. The van der Waals surface area contributed by atoms with Crippen LogP contribution in [0.25, 0.3) is 5.70 Å². The molecule has 0 aliphatic carbocycles. The summed E-state index contributed by atoms with van der Waals surface area (Å²) in [7, 11) is -3.70. The summed E-state index contributed by atoms with van der Waals surface area (Å²) in [6.45, 7) is 23.6. The number of rotatable bonds is 4. The van der Waals surface area contributed by atoms with E-state index in [0.717, 1.165) is 56.5 Å². The molecular formula is C34H52N2O7S2. The average molecular weight is 665 g/mol. The van der Waals surface area contributed by atoms with Gasteiger partial charge in [0.25, 0.3) is 0 Å². The Balaban J connectivity index is 0.000000246. The van der Waals surface area contributed by atoms with Crippen LogP contribution in [0.1, 0.15) is 89.4 Å². The number of fused-ring (bicyclic) bond motifs is 2. The minimum Gasteiger partial charge on any atom is -0.484 e. The molecule has 0 radical (unpaired) electrons. The lowest BCUT2D eigenvalue weighted by atomic mass is 9.81. The van der Waals surface area contributed by atoms with E-state index in [0.29, 0.717) is 11.4 Å². The number of hydrogen-bond donors (Lipinski definition) is 1. The van der Waals surface area contributed by atoms with Crippen LogP contribution in [0.2, 0.25) is 0 Å². The Labute approximate surface area is 271 Å². The van der Waals surface area contributed by atoms with Crippen molar-refractivity contribution in [2.45, 2.75) is 106 Å². The van der Waals surface area contributed by atoms with E-state index in [2.05, 4.69) is 13.8 Å². The van der Waals surface area contributed by atoms with Crippen LogP contribution in [0.3, 0.4) is 0 Å². The fourth-order valence-corrected chi connectivity index (χ4v) is 7.21. The number of sulfonamides is 2. The molecule has 0 bridgehead atoms. The van der Waals surface area contributed by atoms with Crippen molar-refractivity contribution in [3.05, 3.63) is 61.7 Å². The SMILES string of the molecule is Cc1c(C)c(C)c2c(c1C)OC(C)(C)C(O)C2N(C)S(C)(=O)=O.Cc1c(C)c(C)c2c(c1C)OC(C)(C)C=C2N(C)S(C)(=O)=O. The molecule has 11 heteroatoms. The van der Waals surface area contributed by atoms with Gasteiger partial charge in [0.2, 0.25) is 20.0 Å². The normalized spacial score (nSPS) is 20.2. The first-order valence-electron chi connectivity index (χ1n) is 15.0. The summed E-state index contributed by atoms with van der Waals surface area (Å²) in [4.78, 5) is 0. The number of hydrogen-bond acceptors (Lipinski definition) is 7. The lowest BCUT2D eigenvalue weighted by Gasteiger charge is -2.46. The van der Waals surface area contributed by atoms with Crippen molar-refractivity contribution in [1.82, 2.24) is 8.61 Å². The molecule has 0 spiro atoms. The van der Waals surface area contributed by atoms with E-state index in [-0.39, 0.29) is 0 Å². The quantitative estimate of drug-likeness (QED) is 0.446. The maximum absolute atomic E-state index is 12.1. The monoisotopic (exact) mass is 664 g/mol. The van der Waals surface area contributed by atoms with Crippen LogP contribution in [-0.4, -0.2) is 74.5 Å². The van der Waals surface area contributed by atoms with Gasteiger partial charge in [-0.3, -0.25) is 4.31 Å². The summed E-state index contributed by atoms with van der Waals surface area (Å²) in [5.41, 5.74) is 9.61. The van der Waals surface area contributed by atoms with Gasteiger partial charge in [-0.2, -0.15) is 4.31 Å². The van der Waals surface area contributed by atoms with Gasteiger partial charge in [-0.05, 0) is 134 Å². The van der Waals surface area contributed by atoms with E-state index in [1.807, 2.05) is 61.5 Å². The Hall–Kier alpha value is -2.60. The first kappa shape index (κ1) is 36.9. The maximum atomic E-state index is 12.1. The van der Waals surface area contributed by atoms with E-state index in [9.17, 15) is 21.9 Å². The van der Waals surface area contributed by atoms with Crippen LogP contribution in [0, 0.1) is 55.4 Å². The summed E-state index contributed by atoms with van der Waals surface area (Å²) in [6.07, 6.45) is 3.30. The molecule has 1 N–H and O–H groups in total. The second-order valence-corrected chi connectivity index (χ2v) is 17.8. The number of likely N-dealkylation sites (N-methyl/N-ethyl adjacent to an activating group) is 1. The summed E-state index contributed by atoms with van der Waals surface area (Å²) in [5.74, 6) is 1.49. The largest absolute Gasteiger partial charge is 0.484 e. The van der Waals surface area contributed by atoms with Gasteiger partial charge >= 0.3 is 0 Å². The predicted molar refractivity (Wildman–Crippen MR) is 182 cm³/mol. The standard InChI is InChI=1S/C17H27NO4S.C17H25NO3S/c1-9-10(2)12(4)15-13(11(9)3)14(18(7)23(8,20)21)16(19)17(5,6)22-15;1-10-11(2)13(4)16-15(12(10)3)14(9-17(5,6)21-16)18(7)22(8,19)20/h14,16,19H,1-8H3;9H,1-8H3. The van der Waals surface area contributed by atoms with Crippen LogP contribution in [0.15, 0.2) is 6.08 Å². The maximum Gasteiger partial charge on any atom is 0.232 e. The Kier molecular flexibility index (Phi) is 9.74. The summed E-state index contributed by atoms with van der Waals surface area (Å²) < 4.78 is 63.2. The number of aliphatic hydroxyl groups excluding tert-OH is 1. The van der Waals surface area contributed by atoms with Crippen molar-refractivity contribution in [2.75, 3.05) is 26.6 Å². The number of nitrogens with zero attached hydrogens (tertiary/aromatic N) is 2. The molecule has 0 saturated heterocycles. The minimum atomic E-state index is -3.46. The summed E-state index contributed by atoms with van der Waals surface area (Å²) in [5, 5.41) is 10.8. The molecule has 2 aliphatic rings. The highest BCUT2D eigenvalue weighted by molar-refractivity contribution is 7.88. The zero-order chi connectivity index (χ0) is 34.9. The third kappa shape index (κ3) is 6.64. The molecule has 9 nitrogen and oxygen atoms in total. The van der Waals surface area contributed by atoms with Gasteiger partial charge in [0.05, 0.1) is 24.3 Å². The molecule has 2 unspecified atom stereocenters. The van der Waals surface area contributed by atoms with E-state index >= 15 is 0 Å². The molecule has 2 aromatic rings. The number of ether oxygens (including phenoxy) is 2. The topological polar surface area (TPSA) is 113 Å². The summed E-state index contributed by atoms with van der Waals surface area (Å²) in [6, 6.07) is -0.665. The zero-order valence-corrected chi connectivity index (χ0v) is 31.5. The van der Waals surface area contributed by atoms with Gasteiger partial charge in [0.1, 0.15) is 28.8 Å². The second-order valence-electron chi connectivity index (χ2n) is 13.8. The summed E-state index contributed by atoms with van der Waals surface area (Å²) >= 11 is 0. The van der Waals surface area contributed by atoms with Crippen LogP contribution < -0.4 is 9.47 Å². The molecule has 45 heavy (non-hydrogen) atoms. The van der Waals surface area contributed by atoms with Gasteiger partial charge in [-0.1, -0.05) is 0 Å². The molecule has 2 atom stereocenters. The van der Waals surface area contributed by atoms with Crippen molar-refractivity contribution >= 4 is 25.7 Å². The molecular weight excluding hydrogens is 613 g/mol. The highest BCUT2D eigenvalue weighted by atomic mass is 32.2. The zero-order valence-electron chi connectivity index (χ0n) is 29.8. The minimum absolute atomic E-state index is 0.555. The van der Waals surface area contributed by atoms with Gasteiger partial charge in [0, 0.05) is 25.2 Å². The molecule has 0 aromatic heterocycles. The highest BCUT2D eigenvalue weighted by Crippen LogP contribution is 2.48. The van der Waals surface area contributed by atoms with Gasteiger partial charge in [0.15, 0.2) is 0 Å². The number of aliphatic hydroxyl groups is 1. The highest BCUT2D eigenvalue weighted by Gasteiger charge is 2.48. The van der Waals surface area contributed by atoms with Crippen molar-refractivity contribution in [3.8, 4) is 11.5 Å². The molecule has 4 rings (SSSR count). The van der Waals surface area contributed by atoms with Crippen molar-refractivity contribution in [3.63, 3.8) is 0 Å². The number of benzene rings is 2. The Morgan fingerprint density at radius 1 is 0.667 bits per heavy atom. The molecule has 252 valence electrons. The lowest BCUT2D eigenvalue weighted by molar-refractivity contribution is -0.0769. The molecule has 0 saturated carbocycles. The van der Waals surface area contributed by atoms with E-state index < -0.39 is 43.4 Å². The Bertz CT molecular complexity index is 1790. The first-order chi connectivity index (χ1) is 20.2.